The maximum absolute atomic E-state index is 12.4. The Bertz CT molecular complexity index is 461. The fourth-order valence-electron chi connectivity index (χ4n) is 1.76. The van der Waals surface area contributed by atoms with Crippen LogP contribution in [0.5, 0.6) is 5.75 Å². The molecule has 0 saturated heterocycles. The van der Waals surface area contributed by atoms with Gasteiger partial charge in [-0.25, -0.2) is 0 Å². The molecule has 106 valence electrons. The average Bonchev–Trinajstić information content (AvgIpc) is 2.35. The molecule has 3 N–H and O–H groups in total. The van der Waals surface area contributed by atoms with Crippen molar-refractivity contribution >= 4 is 17.5 Å². The van der Waals surface area contributed by atoms with Gasteiger partial charge in [0.15, 0.2) is 0 Å². The van der Waals surface area contributed by atoms with Gasteiger partial charge in [-0.2, -0.15) is 0 Å². The Morgan fingerprint density at radius 3 is 2.58 bits per heavy atom. The molecular formula is C14H21ClN2O2. The van der Waals surface area contributed by atoms with E-state index in [1.807, 2.05) is 20.8 Å². The summed E-state index contributed by atoms with van der Waals surface area (Å²) >= 11 is 5.76. The molecule has 19 heavy (non-hydrogen) atoms. The van der Waals surface area contributed by atoms with E-state index in [9.17, 15) is 9.90 Å². The minimum Gasteiger partial charge on any atom is -0.507 e. The molecule has 4 nitrogen and oxygen atoms in total. The Hall–Kier alpha value is -1.26. The van der Waals surface area contributed by atoms with Crippen molar-refractivity contribution in [2.24, 2.45) is 11.1 Å². The standard InChI is InChI=1S/C14H21ClN2O2/c1-4-17(9-14(2,3)8-16)13(19)11-6-5-10(15)7-12(11)18/h5-7,18H,4,8-9,16H2,1-3H3. The molecule has 0 aromatic heterocycles. The van der Waals surface area contributed by atoms with Gasteiger partial charge in [0, 0.05) is 18.1 Å². The third-order valence-electron chi connectivity index (χ3n) is 3.03. The minimum absolute atomic E-state index is 0.0958. The number of aromatic hydroxyl groups is 1. The summed E-state index contributed by atoms with van der Waals surface area (Å²) in [6.45, 7) is 7.50. The molecular weight excluding hydrogens is 264 g/mol. The highest BCUT2D eigenvalue weighted by molar-refractivity contribution is 6.30. The van der Waals surface area contributed by atoms with Crippen LogP contribution in [0.25, 0.3) is 0 Å². The first-order valence-electron chi connectivity index (χ1n) is 6.28. The van der Waals surface area contributed by atoms with Crippen LogP contribution in [0.4, 0.5) is 0 Å². The number of phenols is 1. The quantitative estimate of drug-likeness (QED) is 0.873. The lowest BCUT2D eigenvalue weighted by molar-refractivity contribution is 0.0698. The number of carbonyl (C=O) groups excluding carboxylic acids is 1. The SMILES string of the molecule is CCN(CC(C)(C)CN)C(=O)c1ccc(Cl)cc1O. The first kappa shape index (κ1) is 15.8. The maximum Gasteiger partial charge on any atom is 0.257 e. The van der Waals surface area contributed by atoms with Gasteiger partial charge in [0.05, 0.1) is 5.56 Å². The van der Waals surface area contributed by atoms with Crippen LogP contribution >= 0.6 is 11.6 Å². The van der Waals surface area contributed by atoms with Gasteiger partial charge in [0.2, 0.25) is 0 Å². The van der Waals surface area contributed by atoms with E-state index in [-0.39, 0.29) is 22.6 Å². The van der Waals surface area contributed by atoms with E-state index >= 15 is 0 Å². The number of hydrogen-bond donors (Lipinski definition) is 2. The number of carbonyl (C=O) groups is 1. The zero-order valence-electron chi connectivity index (χ0n) is 11.6. The van der Waals surface area contributed by atoms with Crippen molar-refractivity contribution in [1.82, 2.24) is 4.90 Å². The molecule has 1 aromatic carbocycles. The molecule has 0 spiro atoms. The van der Waals surface area contributed by atoms with Crippen LogP contribution in [0.15, 0.2) is 18.2 Å². The van der Waals surface area contributed by atoms with Crippen molar-refractivity contribution < 1.29 is 9.90 Å². The average molecular weight is 285 g/mol. The lowest BCUT2D eigenvalue weighted by Crippen LogP contribution is -2.42. The highest BCUT2D eigenvalue weighted by Crippen LogP contribution is 2.24. The maximum atomic E-state index is 12.4. The second-order valence-corrected chi connectivity index (χ2v) is 5.79. The van der Waals surface area contributed by atoms with Crippen molar-refractivity contribution in [3.8, 4) is 5.75 Å². The lowest BCUT2D eigenvalue weighted by atomic mass is 9.93. The molecule has 0 saturated carbocycles. The number of halogens is 1. The second-order valence-electron chi connectivity index (χ2n) is 5.35. The van der Waals surface area contributed by atoms with Crippen LogP contribution in [0.1, 0.15) is 31.1 Å². The number of nitrogens with two attached hydrogens (primary N) is 1. The summed E-state index contributed by atoms with van der Waals surface area (Å²) < 4.78 is 0. The highest BCUT2D eigenvalue weighted by Gasteiger charge is 2.24. The summed E-state index contributed by atoms with van der Waals surface area (Å²) in [5.74, 6) is -0.306. The van der Waals surface area contributed by atoms with E-state index in [0.717, 1.165) is 0 Å². The fraction of sp³-hybridized carbons (Fsp3) is 0.500. The van der Waals surface area contributed by atoms with Gasteiger partial charge in [-0.05, 0) is 37.1 Å². The van der Waals surface area contributed by atoms with E-state index in [1.54, 1.807) is 11.0 Å². The Kier molecular flexibility index (Phi) is 5.20. The number of hydrogen-bond acceptors (Lipinski definition) is 3. The van der Waals surface area contributed by atoms with Crippen LogP contribution in [0, 0.1) is 5.41 Å². The van der Waals surface area contributed by atoms with Crippen LogP contribution in [-0.2, 0) is 0 Å². The normalized spacial score (nSPS) is 11.4. The molecule has 0 unspecified atom stereocenters. The number of phenolic OH excluding ortho intramolecular Hbond substituents is 1. The Morgan fingerprint density at radius 1 is 1.47 bits per heavy atom. The molecule has 0 atom stereocenters. The van der Waals surface area contributed by atoms with Crippen molar-refractivity contribution in [1.29, 1.82) is 0 Å². The van der Waals surface area contributed by atoms with Crippen LogP contribution in [0.2, 0.25) is 5.02 Å². The van der Waals surface area contributed by atoms with E-state index in [2.05, 4.69) is 0 Å². The molecule has 0 radical (unpaired) electrons. The van der Waals surface area contributed by atoms with Crippen molar-refractivity contribution in [2.75, 3.05) is 19.6 Å². The van der Waals surface area contributed by atoms with Gasteiger partial charge in [-0.3, -0.25) is 4.79 Å². The van der Waals surface area contributed by atoms with E-state index < -0.39 is 0 Å². The van der Waals surface area contributed by atoms with Gasteiger partial charge in [-0.1, -0.05) is 25.4 Å². The zero-order valence-corrected chi connectivity index (χ0v) is 12.4. The monoisotopic (exact) mass is 284 g/mol. The molecule has 0 heterocycles. The molecule has 0 aliphatic carbocycles. The van der Waals surface area contributed by atoms with Gasteiger partial charge in [0.1, 0.15) is 5.75 Å². The summed E-state index contributed by atoms with van der Waals surface area (Å²) in [6, 6.07) is 4.51. The van der Waals surface area contributed by atoms with E-state index in [0.29, 0.717) is 24.7 Å². The predicted molar refractivity (Wildman–Crippen MR) is 77.5 cm³/mol. The first-order valence-corrected chi connectivity index (χ1v) is 6.66. The largest absolute Gasteiger partial charge is 0.507 e. The molecule has 1 amide bonds. The Labute approximate surface area is 119 Å². The molecule has 0 bridgehead atoms. The Balaban J connectivity index is 2.96. The Morgan fingerprint density at radius 2 is 2.11 bits per heavy atom. The van der Waals surface area contributed by atoms with Gasteiger partial charge >= 0.3 is 0 Å². The fourth-order valence-corrected chi connectivity index (χ4v) is 1.93. The lowest BCUT2D eigenvalue weighted by Gasteiger charge is -2.31. The van der Waals surface area contributed by atoms with Gasteiger partial charge in [-0.15, -0.1) is 0 Å². The molecule has 0 aliphatic rings. The molecule has 0 fully saturated rings. The number of amides is 1. The smallest absolute Gasteiger partial charge is 0.257 e. The van der Waals surface area contributed by atoms with E-state index in [4.69, 9.17) is 17.3 Å². The molecule has 0 aliphatic heterocycles. The second kappa shape index (κ2) is 6.26. The van der Waals surface area contributed by atoms with Gasteiger partial charge in [0.25, 0.3) is 5.91 Å². The first-order chi connectivity index (χ1) is 8.80. The molecule has 1 rings (SSSR count). The molecule has 5 heteroatoms. The van der Waals surface area contributed by atoms with Crippen LogP contribution in [-0.4, -0.2) is 35.5 Å². The summed E-state index contributed by atoms with van der Waals surface area (Å²) in [4.78, 5) is 14.1. The van der Waals surface area contributed by atoms with Crippen LogP contribution in [0.3, 0.4) is 0 Å². The summed E-state index contributed by atoms with van der Waals surface area (Å²) in [6.07, 6.45) is 0. The molecule has 1 aromatic rings. The van der Waals surface area contributed by atoms with Gasteiger partial charge < -0.3 is 15.7 Å². The third kappa shape index (κ3) is 4.11. The van der Waals surface area contributed by atoms with Crippen molar-refractivity contribution in [3.63, 3.8) is 0 Å². The van der Waals surface area contributed by atoms with E-state index in [1.165, 1.54) is 12.1 Å². The number of rotatable bonds is 5. The van der Waals surface area contributed by atoms with Crippen molar-refractivity contribution in [2.45, 2.75) is 20.8 Å². The minimum atomic E-state index is -0.210. The number of benzene rings is 1. The zero-order chi connectivity index (χ0) is 14.6. The summed E-state index contributed by atoms with van der Waals surface area (Å²) in [5.41, 5.74) is 5.80. The third-order valence-corrected chi connectivity index (χ3v) is 3.27. The predicted octanol–water partition coefficient (Wildman–Crippen LogP) is 2.49. The topological polar surface area (TPSA) is 66.6 Å². The summed E-state index contributed by atoms with van der Waals surface area (Å²) in [7, 11) is 0. The highest BCUT2D eigenvalue weighted by atomic mass is 35.5. The van der Waals surface area contributed by atoms with Crippen molar-refractivity contribution in [3.05, 3.63) is 28.8 Å². The van der Waals surface area contributed by atoms with Crippen LogP contribution < -0.4 is 5.73 Å². The number of nitrogens with zero attached hydrogens (tertiary/aromatic N) is 1. The summed E-state index contributed by atoms with van der Waals surface area (Å²) in [5, 5.41) is 10.2.